The summed E-state index contributed by atoms with van der Waals surface area (Å²) in [6, 6.07) is 9.80. The lowest BCUT2D eigenvalue weighted by atomic mass is 10.2. The van der Waals surface area contributed by atoms with Gasteiger partial charge in [0.15, 0.2) is 6.10 Å². The zero-order valence-corrected chi connectivity index (χ0v) is 16.6. The van der Waals surface area contributed by atoms with Crippen molar-refractivity contribution >= 4 is 58.1 Å². The molecule has 0 saturated carbocycles. The van der Waals surface area contributed by atoms with Gasteiger partial charge >= 0.3 is 5.97 Å². The van der Waals surface area contributed by atoms with Crippen LogP contribution in [0.5, 0.6) is 0 Å². The van der Waals surface area contributed by atoms with Gasteiger partial charge in [0.25, 0.3) is 5.91 Å². The Hall–Kier alpha value is -1.95. The number of benzene rings is 2. The van der Waals surface area contributed by atoms with Crippen LogP contribution in [-0.4, -0.2) is 32.1 Å². The standard InChI is InChI=1S/C18H17Cl3N2O3/c1-10(17(24)22-16-14(20)8-12(19)9-15(16)21)26-18(25)11-5-4-6-13(7-11)23(2)3/h4-10H,1-3H3,(H,22,24)/t10-/m1/s1. The molecule has 0 radical (unpaired) electrons. The van der Waals surface area contributed by atoms with Gasteiger partial charge in [-0.1, -0.05) is 40.9 Å². The van der Waals surface area contributed by atoms with E-state index in [1.807, 2.05) is 25.1 Å². The quantitative estimate of drug-likeness (QED) is 0.706. The number of rotatable bonds is 5. The molecule has 26 heavy (non-hydrogen) atoms. The van der Waals surface area contributed by atoms with Crippen molar-refractivity contribution in [1.82, 2.24) is 0 Å². The van der Waals surface area contributed by atoms with Crippen molar-refractivity contribution < 1.29 is 14.3 Å². The first-order valence-corrected chi connectivity index (χ1v) is 8.76. The maximum atomic E-state index is 12.3. The van der Waals surface area contributed by atoms with Crippen LogP contribution >= 0.6 is 34.8 Å². The number of carbonyl (C=O) groups excluding carboxylic acids is 2. The van der Waals surface area contributed by atoms with Gasteiger partial charge in [-0.3, -0.25) is 4.79 Å². The Bertz CT molecular complexity index is 817. The Morgan fingerprint density at radius 3 is 2.27 bits per heavy atom. The van der Waals surface area contributed by atoms with Crippen LogP contribution in [-0.2, 0) is 9.53 Å². The lowest BCUT2D eigenvalue weighted by Gasteiger charge is -2.16. The van der Waals surface area contributed by atoms with Crippen molar-refractivity contribution in [3.8, 4) is 0 Å². The Labute approximate surface area is 166 Å². The summed E-state index contributed by atoms with van der Waals surface area (Å²) in [5.41, 5.74) is 1.40. The zero-order chi connectivity index (χ0) is 19.4. The second kappa shape index (κ2) is 8.62. The number of amides is 1. The third-order valence-corrected chi connectivity index (χ3v) is 4.32. The molecule has 0 heterocycles. The molecule has 0 aromatic heterocycles. The molecule has 138 valence electrons. The minimum atomic E-state index is -1.05. The highest BCUT2D eigenvalue weighted by atomic mass is 35.5. The fourth-order valence-corrected chi connectivity index (χ4v) is 2.99. The summed E-state index contributed by atoms with van der Waals surface area (Å²) < 4.78 is 5.23. The average molecular weight is 416 g/mol. The maximum absolute atomic E-state index is 12.3. The van der Waals surface area contributed by atoms with E-state index in [4.69, 9.17) is 39.5 Å². The smallest absolute Gasteiger partial charge is 0.338 e. The van der Waals surface area contributed by atoms with Crippen LogP contribution < -0.4 is 10.2 Å². The van der Waals surface area contributed by atoms with Crippen molar-refractivity contribution in [2.75, 3.05) is 24.3 Å². The van der Waals surface area contributed by atoms with Gasteiger partial charge in [0.1, 0.15) is 0 Å². The topological polar surface area (TPSA) is 58.6 Å². The molecule has 0 fully saturated rings. The van der Waals surface area contributed by atoms with Gasteiger partial charge in [-0.2, -0.15) is 0 Å². The van der Waals surface area contributed by atoms with Crippen molar-refractivity contribution in [3.05, 3.63) is 57.0 Å². The van der Waals surface area contributed by atoms with Gasteiger partial charge in [-0.05, 0) is 37.3 Å². The molecule has 0 aliphatic carbocycles. The number of halogens is 3. The molecular weight excluding hydrogens is 399 g/mol. The third-order valence-electron chi connectivity index (χ3n) is 3.51. The Morgan fingerprint density at radius 1 is 1.08 bits per heavy atom. The van der Waals surface area contributed by atoms with Crippen molar-refractivity contribution in [2.24, 2.45) is 0 Å². The number of esters is 1. The molecule has 2 aromatic rings. The number of nitrogens with one attached hydrogen (secondary N) is 1. The second-order valence-corrected chi connectivity index (χ2v) is 6.98. The van der Waals surface area contributed by atoms with E-state index in [1.165, 1.54) is 19.1 Å². The van der Waals surface area contributed by atoms with Crippen molar-refractivity contribution in [3.63, 3.8) is 0 Å². The summed E-state index contributed by atoms with van der Waals surface area (Å²) in [5.74, 6) is -1.17. The average Bonchev–Trinajstić information content (AvgIpc) is 2.57. The Morgan fingerprint density at radius 2 is 1.69 bits per heavy atom. The molecule has 1 amide bonds. The van der Waals surface area contributed by atoms with Gasteiger partial charge in [0, 0.05) is 24.8 Å². The van der Waals surface area contributed by atoms with Crippen molar-refractivity contribution in [1.29, 1.82) is 0 Å². The molecular formula is C18H17Cl3N2O3. The molecule has 0 bridgehead atoms. The lowest BCUT2D eigenvalue weighted by molar-refractivity contribution is -0.123. The molecule has 5 nitrogen and oxygen atoms in total. The highest BCUT2D eigenvalue weighted by Crippen LogP contribution is 2.33. The first-order valence-electron chi connectivity index (χ1n) is 7.63. The first-order chi connectivity index (χ1) is 12.2. The molecule has 1 N–H and O–H groups in total. The highest BCUT2D eigenvalue weighted by molar-refractivity contribution is 6.42. The normalized spacial score (nSPS) is 11.6. The number of anilines is 2. The molecule has 0 saturated heterocycles. The number of hydrogen-bond donors (Lipinski definition) is 1. The first kappa shape index (κ1) is 20.4. The van der Waals surface area contributed by atoms with E-state index < -0.39 is 18.0 Å². The monoisotopic (exact) mass is 414 g/mol. The van der Waals surface area contributed by atoms with Gasteiger partial charge in [0.05, 0.1) is 21.3 Å². The summed E-state index contributed by atoms with van der Waals surface area (Å²) in [5, 5.41) is 3.27. The molecule has 0 aliphatic rings. The SMILES string of the molecule is C[C@@H](OC(=O)c1cccc(N(C)C)c1)C(=O)Nc1c(Cl)cc(Cl)cc1Cl. The minimum absolute atomic E-state index is 0.188. The van der Waals surface area contributed by atoms with Crippen LogP contribution in [0.1, 0.15) is 17.3 Å². The van der Waals surface area contributed by atoms with E-state index in [0.29, 0.717) is 10.6 Å². The van der Waals surface area contributed by atoms with Crippen molar-refractivity contribution in [2.45, 2.75) is 13.0 Å². The third kappa shape index (κ3) is 5.04. The molecule has 1 atom stereocenters. The number of nitrogens with zero attached hydrogens (tertiary/aromatic N) is 1. The molecule has 0 aliphatic heterocycles. The Balaban J connectivity index is 2.07. The summed E-state index contributed by atoms with van der Waals surface area (Å²) in [6.45, 7) is 1.46. The van der Waals surface area contributed by atoms with Crippen LogP contribution in [0.4, 0.5) is 11.4 Å². The zero-order valence-electron chi connectivity index (χ0n) is 14.3. The van der Waals surface area contributed by atoms with Crippen LogP contribution in [0.25, 0.3) is 0 Å². The molecule has 2 rings (SSSR count). The fraction of sp³-hybridized carbons (Fsp3) is 0.222. The van der Waals surface area contributed by atoms with E-state index in [0.717, 1.165) is 5.69 Å². The molecule has 2 aromatic carbocycles. The molecule has 0 spiro atoms. The summed E-state index contributed by atoms with van der Waals surface area (Å²) >= 11 is 17.9. The van der Waals surface area contributed by atoms with Crippen LogP contribution in [0.3, 0.4) is 0 Å². The second-order valence-electron chi connectivity index (χ2n) is 5.73. The summed E-state index contributed by atoms with van der Waals surface area (Å²) in [6.07, 6.45) is -1.05. The summed E-state index contributed by atoms with van der Waals surface area (Å²) in [7, 11) is 3.72. The number of carbonyl (C=O) groups is 2. The van der Waals surface area contributed by atoms with Crippen LogP contribution in [0, 0.1) is 0 Å². The van der Waals surface area contributed by atoms with E-state index in [9.17, 15) is 9.59 Å². The van der Waals surface area contributed by atoms with Gasteiger partial charge in [0.2, 0.25) is 0 Å². The number of hydrogen-bond acceptors (Lipinski definition) is 4. The minimum Gasteiger partial charge on any atom is -0.449 e. The largest absolute Gasteiger partial charge is 0.449 e. The van der Waals surface area contributed by atoms with Gasteiger partial charge in [-0.15, -0.1) is 0 Å². The van der Waals surface area contributed by atoms with E-state index in [2.05, 4.69) is 5.32 Å². The summed E-state index contributed by atoms with van der Waals surface area (Å²) in [4.78, 5) is 26.4. The predicted molar refractivity (Wildman–Crippen MR) is 106 cm³/mol. The lowest BCUT2D eigenvalue weighted by Crippen LogP contribution is -2.30. The molecule has 0 unspecified atom stereocenters. The van der Waals surface area contributed by atoms with E-state index >= 15 is 0 Å². The van der Waals surface area contributed by atoms with Crippen LogP contribution in [0.2, 0.25) is 15.1 Å². The van der Waals surface area contributed by atoms with Gasteiger partial charge in [-0.25, -0.2) is 4.79 Å². The maximum Gasteiger partial charge on any atom is 0.338 e. The van der Waals surface area contributed by atoms with E-state index in [1.54, 1.807) is 18.2 Å². The predicted octanol–water partition coefficient (Wildman–Crippen LogP) is 4.90. The number of ether oxygens (including phenoxy) is 1. The van der Waals surface area contributed by atoms with E-state index in [-0.39, 0.29) is 15.7 Å². The fourth-order valence-electron chi connectivity index (χ4n) is 2.08. The van der Waals surface area contributed by atoms with Gasteiger partial charge < -0.3 is 15.0 Å². The molecule has 8 heteroatoms. The van der Waals surface area contributed by atoms with Crippen LogP contribution in [0.15, 0.2) is 36.4 Å². The Kier molecular flexibility index (Phi) is 6.75. The highest BCUT2D eigenvalue weighted by Gasteiger charge is 2.21.